The van der Waals surface area contributed by atoms with Crippen LogP contribution in [0.4, 0.5) is 17.1 Å². The number of hydrogen-bond acceptors (Lipinski definition) is 4. The molecule has 1 aromatic heterocycles. The summed E-state index contributed by atoms with van der Waals surface area (Å²) in [7, 11) is 0. The first kappa shape index (κ1) is 17.2. The highest BCUT2D eigenvalue weighted by molar-refractivity contribution is 6.13. The van der Waals surface area contributed by atoms with E-state index in [1.807, 2.05) is 72.9 Å². The maximum Gasteiger partial charge on any atom is 0.262 e. The number of carbonyl (C=O) groups excluding carboxylic acids is 1. The molecule has 0 saturated carbocycles. The first-order valence-electron chi connectivity index (χ1n) is 9.48. The number of amides is 1. The molecule has 5 rings (SSSR count). The molecule has 0 fully saturated rings. The average molecular weight is 381 g/mol. The van der Waals surface area contributed by atoms with Crippen LogP contribution in [0.15, 0.2) is 85.1 Å². The molecule has 0 spiro atoms. The Morgan fingerprint density at radius 2 is 1.55 bits per heavy atom. The van der Waals surface area contributed by atoms with Gasteiger partial charge in [0.15, 0.2) is 0 Å². The topological polar surface area (TPSA) is 63.1 Å². The van der Waals surface area contributed by atoms with Gasteiger partial charge in [0.1, 0.15) is 6.67 Å². The van der Waals surface area contributed by atoms with E-state index in [0.717, 1.165) is 22.8 Å². The van der Waals surface area contributed by atoms with Crippen molar-refractivity contribution >= 4 is 23.0 Å². The zero-order valence-electron chi connectivity index (χ0n) is 15.7. The quantitative estimate of drug-likeness (QED) is 0.575. The Balaban J connectivity index is 1.47. The Kier molecular flexibility index (Phi) is 4.29. The summed E-state index contributed by atoms with van der Waals surface area (Å²) in [5.41, 5.74) is 5.17. The van der Waals surface area contributed by atoms with Crippen molar-refractivity contribution in [3.8, 4) is 0 Å². The SMILES string of the molecule is O=C1c2ccccc2Nc2ccccc2N1Cn1cc(Cc2ccccc2)nn1. The van der Waals surface area contributed by atoms with Gasteiger partial charge in [-0.25, -0.2) is 4.68 Å². The van der Waals surface area contributed by atoms with Crippen molar-refractivity contribution in [1.29, 1.82) is 0 Å². The van der Waals surface area contributed by atoms with Crippen LogP contribution < -0.4 is 10.2 Å². The number of carbonyl (C=O) groups is 1. The molecule has 1 aliphatic heterocycles. The van der Waals surface area contributed by atoms with Crippen LogP contribution >= 0.6 is 0 Å². The van der Waals surface area contributed by atoms with E-state index < -0.39 is 0 Å². The predicted molar refractivity (Wildman–Crippen MR) is 112 cm³/mol. The fourth-order valence-corrected chi connectivity index (χ4v) is 3.57. The number of para-hydroxylation sites is 3. The van der Waals surface area contributed by atoms with Crippen molar-refractivity contribution in [3.63, 3.8) is 0 Å². The van der Waals surface area contributed by atoms with E-state index in [-0.39, 0.29) is 12.6 Å². The van der Waals surface area contributed by atoms with Gasteiger partial charge in [-0.3, -0.25) is 9.69 Å². The molecule has 0 radical (unpaired) electrons. The molecule has 4 aromatic rings. The van der Waals surface area contributed by atoms with Gasteiger partial charge in [0, 0.05) is 6.42 Å². The van der Waals surface area contributed by atoms with Gasteiger partial charge >= 0.3 is 0 Å². The highest BCUT2D eigenvalue weighted by atomic mass is 16.2. The monoisotopic (exact) mass is 381 g/mol. The first-order valence-corrected chi connectivity index (χ1v) is 9.48. The lowest BCUT2D eigenvalue weighted by atomic mass is 10.1. The van der Waals surface area contributed by atoms with Crippen LogP contribution in [0.25, 0.3) is 0 Å². The molecule has 0 saturated heterocycles. The minimum Gasteiger partial charge on any atom is -0.353 e. The Labute approximate surface area is 168 Å². The zero-order chi connectivity index (χ0) is 19.6. The van der Waals surface area contributed by atoms with Crippen LogP contribution in [0.2, 0.25) is 0 Å². The lowest BCUT2D eigenvalue weighted by Crippen LogP contribution is -2.32. The fourth-order valence-electron chi connectivity index (χ4n) is 3.57. The van der Waals surface area contributed by atoms with Gasteiger partial charge in [-0.1, -0.05) is 59.8 Å². The van der Waals surface area contributed by atoms with Crippen molar-refractivity contribution < 1.29 is 4.79 Å². The van der Waals surface area contributed by atoms with E-state index in [4.69, 9.17) is 0 Å². The molecule has 3 aromatic carbocycles. The Morgan fingerprint density at radius 3 is 2.41 bits per heavy atom. The predicted octanol–water partition coefficient (Wildman–Crippen LogP) is 4.23. The van der Waals surface area contributed by atoms with Crippen LogP contribution in [0.1, 0.15) is 21.6 Å². The number of fused-ring (bicyclic) bond motifs is 2. The second-order valence-electron chi connectivity index (χ2n) is 6.97. The molecule has 29 heavy (non-hydrogen) atoms. The van der Waals surface area contributed by atoms with Gasteiger partial charge in [0.05, 0.1) is 34.5 Å². The molecule has 6 nitrogen and oxygen atoms in total. The maximum atomic E-state index is 13.3. The first-order chi connectivity index (χ1) is 14.3. The van der Waals surface area contributed by atoms with E-state index in [0.29, 0.717) is 12.0 Å². The van der Waals surface area contributed by atoms with Crippen LogP contribution in [-0.4, -0.2) is 20.9 Å². The molecule has 0 atom stereocenters. The highest BCUT2D eigenvalue weighted by Crippen LogP contribution is 2.35. The molecule has 0 unspecified atom stereocenters. The summed E-state index contributed by atoms with van der Waals surface area (Å²) in [4.78, 5) is 15.1. The number of benzene rings is 3. The molecule has 1 amide bonds. The molecular formula is C23H19N5O. The standard InChI is InChI=1S/C23H19N5O/c29-23-19-10-4-5-11-20(19)24-21-12-6-7-13-22(21)28(23)16-27-15-18(25-26-27)14-17-8-2-1-3-9-17/h1-13,15,24H,14,16H2. The number of rotatable bonds is 4. The summed E-state index contributed by atoms with van der Waals surface area (Å²) < 4.78 is 1.71. The van der Waals surface area contributed by atoms with Crippen molar-refractivity contribution in [2.24, 2.45) is 0 Å². The third-order valence-corrected chi connectivity index (χ3v) is 4.97. The molecule has 142 valence electrons. The van der Waals surface area contributed by atoms with E-state index in [9.17, 15) is 4.79 Å². The van der Waals surface area contributed by atoms with E-state index in [1.165, 1.54) is 5.56 Å². The minimum atomic E-state index is -0.0711. The third kappa shape index (κ3) is 3.36. The number of nitrogens with zero attached hydrogens (tertiary/aromatic N) is 4. The number of hydrogen-bond donors (Lipinski definition) is 1. The van der Waals surface area contributed by atoms with Gasteiger partial charge in [0.2, 0.25) is 0 Å². The normalized spacial score (nSPS) is 12.7. The van der Waals surface area contributed by atoms with Gasteiger partial charge in [-0.2, -0.15) is 0 Å². The Morgan fingerprint density at radius 1 is 0.828 bits per heavy atom. The number of anilines is 3. The molecule has 6 heteroatoms. The summed E-state index contributed by atoms with van der Waals surface area (Å²) in [5.74, 6) is -0.0711. The molecule has 1 N–H and O–H groups in total. The smallest absolute Gasteiger partial charge is 0.262 e. The van der Waals surface area contributed by atoms with Crippen LogP contribution in [0.5, 0.6) is 0 Å². The Hall–Kier alpha value is -3.93. The second-order valence-corrected chi connectivity index (χ2v) is 6.97. The van der Waals surface area contributed by atoms with Crippen molar-refractivity contribution in [2.45, 2.75) is 13.1 Å². The summed E-state index contributed by atoms with van der Waals surface area (Å²) in [6.07, 6.45) is 2.60. The molecule has 0 bridgehead atoms. The van der Waals surface area contributed by atoms with Gasteiger partial charge < -0.3 is 5.32 Å². The summed E-state index contributed by atoms with van der Waals surface area (Å²) in [5, 5.41) is 11.9. The van der Waals surface area contributed by atoms with Crippen molar-refractivity contribution in [1.82, 2.24) is 15.0 Å². The maximum absolute atomic E-state index is 13.3. The largest absolute Gasteiger partial charge is 0.353 e. The third-order valence-electron chi connectivity index (χ3n) is 4.97. The van der Waals surface area contributed by atoms with Gasteiger partial charge in [0.25, 0.3) is 5.91 Å². The number of aromatic nitrogens is 3. The number of nitrogens with one attached hydrogen (secondary N) is 1. The molecular weight excluding hydrogens is 362 g/mol. The van der Waals surface area contributed by atoms with E-state index >= 15 is 0 Å². The summed E-state index contributed by atoms with van der Waals surface area (Å²) in [6, 6.07) is 25.5. The lowest BCUT2D eigenvalue weighted by Gasteiger charge is -2.22. The van der Waals surface area contributed by atoms with Gasteiger partial charge in [-0.15, -0.1) is 5.10 Å². The van der Waals surface area contributed by atoms with E-state index in [1.54, 1.807) is 9.58 Å². The lowest BCUT2D eigenvalue weighted by molar-refractivity contribution is 0.0979. The summed E-state index contributed by atoms with van der Waals surface area (Å²) in [6.45, 7) is 0.285. The minimum absolute atomic E-state index is 0.0711. The van der Waals surface area contributed by atoms with Crippen molar-refractivity contribution in [2.75, 3.05) is 10.2 Å². The fraction of sp³-hybridized carbons (Fsp3) is 0.0870. The van der Waals surface area contributed by atoms with Crippen LogP contribution in [0, 0.1) is 0 Å². The molecule has 2 heterocycles. The van der Waals surface area contributed by atoms with Gasteiger partial charge in [-0.05, 0) is 29.8 Å². The molecule has 0 aliphatic carbocycles. The van der Waals surface area contributed by atoms with Crippen LogP contribution in [0.3, 0.4) is 0 Å². The second kappa shape index (κ2) is 7.24. The summed E-state index contributed by atoms with van der Waals surface area (Å²) >= 11 is 0. The van der Waals surface area contributed by atoms with Crippen LogP contribution in [-0.2, 0) is 13.1 Å². The van der Waals surface area contributed by atoms with E-state index in [2.05, 4.69) is 27.8 Å². The zero-order valence-corrected chi connectivity index (χ0v) is 15.7. The highest BCUT2D eigenvalue weighted by Gasteiger charge is 2.26. The average Bonchev–Trinajstić information content (AvgIpc) is 3.15. The van der Waals surface area contributed by atoms with Crippen molar-refractivity contribution in [3.05, 3.63) is 102 Å². The molecule has 1 aliphatic rings. The Bertz CT molecular complexity index is 1170.